The summed E-state index contributed by atoms with van der Waals surface area (Å²) in [6.07, 6.45) is 3.04. The summed E-state index contributed by atoms with van der Waals surface area (Å²) in [6.45, 7) is 2.28. The highest BCUT2D eigenvalue weighted by Crippen LogP contribution is 2.42. The van der Waals surface area contributed by atoms with Crippen molar-refractivity contribution in [3.05, 3.63) is 106 Å². The summed E-state index contributed by atoms with van der Waals surface area (Å²) in [6, 6.07) is 24.6. The minimum atomic E-state index is -0.197. The van der Waals surface area contributed by atoms with Crippen molar-refractivity contribution in [1.82, 2.24) is 5.32 Å². The van der Waals surface area contributed by atoms with Crippen LogP contribution in [0.25, 0.3) is 0 Å². The summed E-state index contributed by atoms with van der Waals surface area (Å²) in [4.78, 5) is 0. The monoisotopic (exact) mass is 359 g/mol. The molecule has 0 saturated heterocycles. The Labute approximate surface area is 161 Å². The first-order valence-electron chi connectivity index (χ1n) is 9.73. The van der Waals surface area contributed by atoms with Gasteiger partial charge in [0.25, 0.3) is 0 Å². The molecule has 0 unspecified atom stereocenters. The van der Waals surface area contributed by atoms with Gasteiger partial charge in [-0.05, 0) is 79.1 Å². The van der Waals surface area contributed by atoms with Crippen LogP contribution in [0.5, 0.6) is 0 Å². The van der Waals surface area contributed by atoms with Gasteiger partial charge < -0.3 is 5.32 Å². The van der Waals surface area contributed by atoms with Crippen molar-refractivity contribution in [2.75, 3.05) is 7.05 Å². The summed E-state index contributed by atoms with van der Waals surface area (Å²) in [5.74, 6) is 0.278. The Bertz CT molecular complexity index is 931. The van der Waals surface area contributed by atoms with Crippen LogP contribution in [0.2, 0.25) is 0 Å². The quantitative estimate of drug-likeness (QED) is 0.641. The lowest BCUT2D eigenvalue weighted by molar-refractivity contribution is 0.481. The van der Waals surface area contributed by atoms with Gasteiger partial charge in [-0.3, -0.25) is 0 Å². The van der Waals surface area contributed by atoms with Gasteiger partial charge in [-0.1, -0.05) is 60.7 Å². The Hall–Kier alpha value is -2.45. The molecule has 0 saturated carbocycles. The molecule has 2 heteroatoms. The summed E-state index contributed by atoms with van der Waals surface area (Å²) in [5.41, 5.74) is 6.56. The predicted octanol–water partition coefficient (Wildman–Crippen LogP) is 5.58. The molecule has 3 aromatic carbocycles. The lowest BCUT2D eigenvalue weighted by Crippen LogP contribution is -2.38. The number of nitrogens with one attached hydrogen (secondary N) is 1. The van der Waals surface area contributed by atoms with Gasteiger partial charge in [-0.25, -0.2) is 4.39 Å². The second-order valence-electron chi connectivity index (χ2n) is 7.69. The Morgan fingerprint density at radius 1 is 0.926 bits per heavy atom. The minimum absolute atomic E-state index is 0.169. The summed E-state index contributed by atoms with van der Waals surface area (Å²) >= 11 is 0. The van der Waals surface area contributed by atoms with Gasteiger partial charge in [0, 0.05) is 0 Å². The zero-order chi connectivity index (χ0) is 18.9. The molecule has 0 aromatic heterocycles. The van der Waals surface area contributed by atoms with Gasteiger partial charge in [0.05, 0.1) is 5.54 Å². The van der Waals surface area contributed by atoms with E-state index in [0.29, 0.717) is 5.92 Å². The first-order valence-corrected chi connectivity index (χ1v) is 9.73. The zero-order valence-corrected chi connectivity index (χ0v) is 16.0. The maximum absolute atomic E-state index is 13.2. The average Bonchev–Trinajstić information content (AvgIpc) is 2.82. The van der Waals surface area contributed by atoms with E-state index in [4.69, 9.17) is 0 Å². The molecule has 3 aromatic rings. The van der Waals surface area contributed by atoms with E-state index in [1.165, 1.54) is 27.8 Å². The molecular weight excluding hydrogens is 333 g/mol. The lowest BCUT2D eigenvalue weighted by Gasteiger charge is -2.32. The molecule has 0 heterocycles. The summed E-state index contributed by atoms with van der Waals surface area (Å²) in [7, 11) is 2.05. The Morgan fingerprint density at radius 3 is 2.33 bits per heavy atom. The highest BCUT2D eigenvalue weighted by Gasteiger charge is 2.36. The van der Waals surface area contributed by atoms with Gasteiger partial charge in [-0.2, -0.15) is 0 Å². The van der Waals surface area contributed by atoms with Crippen molar-refractivity contribution < 1.29 is 4.39 Å². The van der Waals surface area contributed by atoms with E-state index in [-0.39, 0.29) is 11.4 Å². The number of fused-ring (bicyclic) bond motifs is 2. The molecular formula is C25H26FN. The van der Waals surface area contributed by atoms with Crippen molar-refractivity contribution in [3.8, 4) is 0 Å². The first-order chi connectivity index (χ1) is 13.1. The van der Waals surface area contributed by atoms with Crippen LogP contribution in [-0.4, -0.2) is 7.05 Å². The van der Waals surface area contributed by atoms with E-state index in [0.717, 1.165) is 19.3 Å². The van der Waals surface area contributed by atoms with E-state index < -0.39 is 0 Å². The van der Waals surface area contributed by atoms with Crippen molar-refractivity contribution in [1.29, 1.82) is 0 Å². The third-order valence-corrected chi connectivity index (χ3v) is 6.16. The van der Waals surface area contributed by atoms with Crippen LogP contribution in [0.3, 0.4) is 0 Å². The van der Waals surface area contributed by atoms with Crippen LogP contribution < -0.4 is 5.32 Å². The standard InChI is InChI=1S/C25H26FN/c1-25(27-2)23-9-5-3-7-20(23)17-19(22-8-4-6-10-24(22)25)14-11-18-12-15-21(26)16-13-18/h3-10,12-13,15-16,19,27H,11,14,17H2,1-2H3/t19-,25+/m0/s1. The van der Waals surface area contributed by atoms with E-state index >= 15 is 0 Å². The third kappa shape index (κ3) is 3.30. The van der Waals surface area contributed by atoms with Crippen molar-refractivity contribution >= 4 is 0 Å². The van der Waals surface area contributed by atoms with Gasteiger partial charge in [0.15, 0.2) is 0 Å². The molecule has 27 heavy (non-hydrogen) atoms. The normalized spacial score (nSPS) is 21.2. The second-order valence-corrected chi connectivity index (χ2v) is 7.69. The van der Waals surface area contributed by atoms with E-state index in [9.17, 15) is 4.39 Å². The van der Waals surface area contributed by atoms with E-state index in [1.54, 1.807) is 12.1 Å². The average molecular weight is 359 g/mol. The predicted molar refractivity (Wildman–Crippen MR) is 110 cm³/mol. The highest BCUT2D eigenvalue weighted by molar-refractivity contribution is 5.50. The largest absolute Gasteiger partial charge is 0.307 e. The third-order valence-electron chi connectivity index (χ3n) is 6.16. The van der Waals surface area contributed by atoms with E-state index in [1.807, 2.05) is 19.2 Å². The van der Waals surface area contributed by atoms with Gasteiger partial charge in [0.1, 0.15) is 5.82 Å². The Morgan fingerprint density at radius 2 is 1.59 bits per heavy atom. The molecule has 1 nitrogen and oxygen atoms in total. The highest BCUT2D eigenvalue weighted by atomic mass is 19.1. The molecule has 4 rings (SSSR count). The molecule has 0 bridgehead atoms. The van der Waals surface area contributed by atoms with Crippen LogP contribution in [0.4, 0.5) is 4.39 Å². The molecule has 1 aliphatic rings. The first kappa shape index (κ1) is 17.9. The number of halogens is 1. The van der Waals surface area contributed by atoms with Crippen LogP contribution in [-0.2, 0) is 18.4 Å². The van der Waals surface area contributed by atoms with Crippen molar-refractivity contribution in [3.63, 3.8) is 0 Å². The number of aryl methyl sites for hydroxylation is 1. The molecule has 1 N–H and O–H groups in total. The van der Waals surface area contributed by atoms with Crippen LogP contribution in [0.15, 0.2) is 72.8 Å². The number of hydrogen-bond donors (Lipinski definition) is 1. The molecule has 1 aliphatic carbocycles. The fraction of sp³-hybridized carbons (Fsp3) is 0.280. The summed E-state index contributed by atoms with van der Waals surface area (Å²) < 4.78 is 13.2. The zero-order valence-electron chi connectivity index (χ0n) is 16.0. The smallest absolute Gasteiger partial charge is 0.123 e. The van der Waals surface area contributed by atoms with E-state index in [2.05, 4.69) is 60.8 Å². The SMILES string of the molecule is CN[C@]1(C)c2ccccc2C[C@H](CCc2ccc(F)cc2)c2ccccc21. The summed E-state index contributed by atoms with van der Waals surface area (Å²) in [5, 5.41) is 3.59. The Balaban J connectivity index is 1.74. The molecule has 0 radical (unpaired) electrons. The maximum atomic E-state index is 13.2. The number of hydrogen-bond acceptors (Lipinski definition) is 1. The van der Waals surface area contributed by atoms with Crippen LogP contribution in [0.1, 0.15) is 47.1 Å². The fourth-order valence-corrected chi connectivity index (χ4v) is 4.53. The second kappa shape index (κ2) is 7.28. The van der Waals surface area contributed by atoms with Gasteiger partial charge in [-0.15, -0.1) is 0 Å². The molecule has 0 spiro atoms. The Kier molecular flexibility index (Phi) is 4.84. The lowest BCUT2D eigenvalue weighted by atomic mass is 9.81. The van der Waals surface area contributed by atoms with Crippen LogP contribution >= 0.6 is 0 Å². The number of benzene rings is 3. The molecule has 0 aliphatic heterocycles. The van der Waals surface area contributed by atoms with Crippen molar-refractivity contribution in [2.45, 2.75) is 37.6 Å². The topological polar surface area (TPSA) is 12.0 Å². The molecule has 0 fully saturated rings. The maximum Gasteiger partial charge on any atom is 0.123 e. The fourth-order valence-electron chi connectivity index (χ4n) is 4.53. The molecule has 138 valence electrons. The number of rotatable bonds is 4. The van der Waals surface area contributed by atoms with Gasteiger partial charge >= 0.3 is 0 Å². The minimum Gasteiger partial charge on any atom is -0.307 e. The van der Waals surface area contributed by atoms with Gasteiger partial charge in [0.2, 0.25) is 0 Å². The van der Waals surface area contributed by atoms with Crippen LogP contribution in [0, 0.1) is 5.82 Å². The molecule has 0 amide bonds. The molecule has 2 atom stereocenters. The van der Waals surface area contributed by atoms with Crippen molar-refractivity contribution in [2.24, 2.45) is 0 Å².